The molecule has 0 saturated heterocycles. The Morgan fingerprint density at radius 2 is 1.04 bits per heavy atom. The lowest BCUT2D eigenvalue weighted by Gasteiger charge is -2.10. The van der Waals surface area contributed by atoms with Crippen molar-refractivity contribution in [1.29, 1.82) is 0 Å². The summed E-state index contributed by atoms with van der Waals surface area (Å²) >= 11 is 1.83. The van der Waals surface area contributed by atoms with Gasteiger partial charge in [-0.3, -0.25) is 4.40 Å². The Bertz CT molecular complexity index is 2480. The van der Waals surface area contributed by atoms with Crippen LogP contribution in [-0.4, -0.2) is 24.3 Å². The van der Waals surface area contributed by atoms with Gasteiger partial charge in [0.1, 0.15) is 5.65 Å². The second-order valence-electron chi connectivity index (χ2n) is 11.1. The zero-order valence-electron chi connectivity index (χ0n) is 24.6. The third-order valence-electron chi connectivity index (χ3n) is 8.28. The Hall–Kier alpha value is -5.98. The summed E-state index contributed by atoms with van der Waals surface area (Å²) in [5.41, 5.74) is 7.82. The average molecular weight is 608 g/mol. The highest BCUT2D eigenvalue weighted by Gasteiger charge is 2.21. The maximum Gasteiger partial charge on any atom is 0.164 e. The van der Waals surface area contributed by atoms with Crippen molar-refractivity contribution in [1.82, 2.24) is 24.3 Å². The van der Waals surface area contributed by atoms with Crippen LogP contribution in [0.4, 0.5) is 0 Å². The van der Waals surface area contributed by atoms with Gasteiger partial charge in [0.05, 0.1) is 11.4 Å². The minimum absolute atomic E-state index is 0.617. The first-order valence-electron chi connectivity index (χ1n) is 15.2. The minimum atomic E-state index is 0.617. The molecule has 6 heteroatoms. The normalized spacial score (nSPS) is 11.5. The third kappa shape index (κ3) is 4.47. The molecular formula is C40H25N5S. The van der Waals surface area contributed by atoms with Crippen LogP contribution in [0.5, 0.6) is 0 Å². The van der Waals surface area contributed by atoms with Crippen molar-refractivity contribution in [3.05, 3.63) is 152 Å². The zero-order valence-corrected chi connectivity index (χ0v) is 25.4. The molecule has 0 fully saturated rings. The average Bonchev–Trinajstić information content (AvgIpc) is 3.71. The van der Waals surface area contributed by atoms with Crippen molar-refractivity contribution in [3.8, 4) is 56.7 Å². The summed E-state index contributed by atoms with van der Waals surface area (Å²) in [5, 5.41) is 2.54. The molecule has 0 bridgehead atoms. The number of aromatic nitrogens is 5. The smallest absolute Gasteiger partial charge is 0.164 e. The van der Waals surface area contributed by atoms with Crippen molar-refractivity contribution in [3.63, 3.8) is 0 Å². The fourth-order valence-electron chi connectivity index (χ4n) is 6.13. The molecule has 0 radical (unpaired) electrons. The van der Waals surface area contributed by atoms with Crippen molar-refractivity contribution in [2.45, 2.75) is 0 Å². The number of nitrogens with zero attached hydrogens (tertiary/aromatic N) is 5. The predicted octanol–water partition coefficient (Wildman–Crippen LogP) is 10.2. The second-order valence-corrected chi connectivity index (χ2v) is 12.2. The molecule has 0 saturated carbocycles. The molecule has 4 aromatic heterocycles. The van der Waals surface area contributed by atoms with Crippen LogP contribution in [0.2, 0.25) is 0 Å². The summed E-state index contributed by atoms with van der Waals surface area (Å²) < 4.78 is 4.73. The highest BCUT2D eigenvalue weighted by Crippen LogP contribution is 2.43. The van der Waals surface area contributed by atoms with Crippen LogP contribution in [-0.2, 0) is 0 Å². The predicted molar refractivity (Wildman–Crippen MR) is 189 cm³/mol. The van der Waals surface area contributed by atoms with Gasteiger partial charge in [0.2, 0.25) is 0 Å². The quantitative estimate of drug-likeness (QED) is 0.195. The number of rotatable bonds is 5. The van der Waals surface area contributed by atoms with Gasteiger partial charge in [-0.15, -0.1) is 11.3 Å². The van der Waals surface area contributed by atoms with Crippen molar-refractivity contribution < 1.29 is 0 Å². The molecular weight excluding hydrogens is 583 g/mol. The standard InChI is InChI=1S/C40H25N5S/c1-3-13-26(14-4-1)38-42-39(27-15-5-2-6-16-27)44-40(43-38)29-18-11-17-28(25-29)35-36(45-24-10-9-23-34(45)41-35)32-21-12-20-31-30-19-7-8-22-33(30)46-37(31)32/h1-25H. The van der Waals surface area contributed by atoms with E-state index in [0.717, 1.165) is 44.9 Å². The minimum Gasteiger partial charge on any atom is -0.299 e. The monoisotopic (exact) mass is 607 g/mol. The first kappa shape index (κ1) is 26.4. The Kier molecular flexibility index (Phi) is 6.25. The highest BCUT2D eigenvalue weighted by molar-refractivity contribution is 7.26. The molecule has 9 rings (SSSR count). The van der Waals surface area contributed by atoms with E-state index in [4.69, 9.17) is 19.9 Å². The summed E-state index contributed by atoms with van der Waals surface area (Å²) in [6, 6.07) is 49.9. The van der Waals surface area contributed by atoms with Gasteiger partial charge in [-0.1, -0.05) is 121 Å². The van der Waals surface area contributed by atoms with E-state index >= 15 is 0 Å². The van der Waals surface area contributed by atoms with Crippen LogP contribution in [0.1, 0.15) is 0 Å². The summed E-state index contributed by atoms with van der Waals surface area (Å²) in [4.78, 5) is 20.0. The summed E-state index contributed by atoms with van der Waals surface area (Å²) in [6.45, 7) is 0. The Labute approximate surface area is 269 Å². The van der Waals surface area contributed by atoms with Crippen molar-refractivity contribution in [2.75, 3.05) is 0 Å². The van der Waals surface area contributed by atoms with Gasteiger partial charge in [0.25, 0.3) is 0 Å². The highest BCUT2D eigenvalue weighted by atomic mass is 32.1. The number of thiophene rings is 1. The molecule has 0 unspecified atom stereocenters. The summed E-state index contributed by atoms with van der Waals surface area (Å²) in [5.74, 6) is 1.89. The molecule has 9 aromatic rings. The molecule has 5 aromatic carbocycles. The molecule has 216 valence electrons. The van der Waals surface area contributed by atoms with E-state index in [1.165, 1.54) is 20.2 Å². The van der Waals surface area contributed by atoms with Gasteiger partial charge in [-0.2, -0.15) is 0 Å². The SMILES string of the molecule is c1ccc(-c2nc(-c3ccccc3)nc(-c3cccc(-c4nc5ccccn5c4-c4cccc5c4sc4ccccc45)c3)n2)cc1. The first-order valence-corrected chi connectivity index (χ1v) is 16.0. The fraction of sp³-hybridized carbons (Fsp3) is 0. The molecule has 46 heavy (non-hydrogen) atoms. The van der Waals surface area contributed by atoms with E-state index in [9.17, 15) is 0 Å². The maximum atomic E-state index is 5.20. The van der Waals surface area contributed by atoms with Crippen LogP contribution in [0, 0.1) is 0 Å². The van der Waals surface area contributed by atoms with Crippen LogP contribution in [0.3, 0.4) is 0 Å². The maximum absolute atomic E-state index is 5.20. The van der Waals surface area contributed by atoms with E-state index in [1.807, 2.05) is 78.1 Å². The topological polar surface area (TPSA) is 56.0 Å². The number of fused-ring (bicyclic) bond motifs is 4. The van der Waals surface area contributed by atoms with Crippen molar-refractivity contribution in [2.24, 2.45) is 0 Å². The van der Waals surface area contributed by atoms with Gasteiger partial charge < -0.3 is 0 Å². The van der Waals surface area contributed by atoms with E-state index < -0.39 is 0 Å². The molecule has 4 heterocycles. The molecule has 0 aliphatic heterocycles. The number of hydrogen-bond donors (Lipinski definition) is 0. The third-order valence-corrected chi connectivity index (χ3v) is 9.50. The fourth-order valence-corrected chi connectivity index (χ4v) is 7.35. The number of pyridine rings is 1. The van der Waals surface area contributed by atoms with E-state index in [1.54, 1.807) is 0 Å². The molecule has 0 atom stereocenters. The molecule has 0 aliphatic rings. The Morgan fingerprint density at radius 3 is 1.80 bits per heavy atom. The Balaban J connectivity index is 1.25. The summed E-state index contributed by atoms with van der Waals surface area (Å²) in [7, 11) is 0. The van der Waals surface area contributed by atoms with Gasteiger partial charge in [0.15, 0.2) is 17.5 Å². The van der Waals surface area contributed by atoms with E-state index in [2.05, 4.69) is 89.5 Å². The lowest BCUT2D eigenvalue weighted by atomic mass is 10.0. The number of benzene rings is 5. The van der Waals surface area contributed by atoms with E-state index in [0.29, 0.717) is 17.5 Å². The van der Waals surface area contributed by atoms with Crippen LogP contribution in [0.25, 0.3) is 82.5 Å². The first-order chi connectivity index (χ1) is 22.8. The van der Waals surface area contributed by atoms with Gasteiger partial charge >= 0.3 is 0 Å². The lowest BCUT2D eigenvalue weighted by molar-refractivity contribution is 1.07. The Morgan fingerprint density at radius 1 is 0.457 bits per heavy atom. The lowest BCUT2D eigenvalue weighted by Crippen LogP contribution is -2.00. The number of hydrogen-bond acceptors (Lipinski definition) is 5. The molecule has 0 aliphatic carbocycles. The van der Waals surface area contributed by atoms with Gasteiger partial charge in [-0.25, -0.2) is 19.9 Å². The molecule has 0 spiro atoms. The molecule has 5 nitrogen and oxygen atoms in total. The van der Waals surface area contributed by atoms with Gasteiger partial charge in [0, 0.05) is 54.2 Å². The zero-order chi connectivity index (χ0) is 30.5. The molecule has 0 amide bonds. The van der Waals surface area contributed by atoms with Crippen LogP contribution < -0.4 is 0 Å². The van der Waals surface area contributed by atoms with Crippen LogP contribution >= 0.6 is 11.3 Å². The number of imidazole rings is 1. The largest absolute Gasteiger partial charge is 0.299 e. The molecule has 0 N–H and O–H groups in total. The van der Waals surface area contributed by atoms with Crippen molar-refractivity contribution >= 4 is 37.2 Å². The summed E-state index contributed by atoms with van der Waals surface area (Å²) in [6.07, 6.45) is 2.10. The van der Waals surface area contributed by atoms with Crippen LogP contribution in [0.15, 0.2) is 152 Å². The second kappa shape index (κ2) is 10.9. The van der Waals surface area contributed by atoms with E-state index in [-0.39, 0.29) is 0 Å². The van der Waals surface area contributed by atoms with Gasteiger partial charge in [-0.05, 0) is 24.3 Å².